The molecule has 0 aliphatic carbocycles. The zero-order valence-corrected chi connectivity index (χ0v) is 12.6. The van der Waals surface area contributed by atoms with Crippen molar-refractivity contribution in [1.82, 2.24) is 9.88 Å². The van der Waals surface area contributed by atoms with Gasteiger partial charge in [0, 0.05) is 33.4 Å². The van der Waals surface area contributed by atoms with Gasteiger partial charge in [0.2, 0.25) is 0 Å². The van der Waals surface area contributed by atoms with Gasteiger partial charge in [0.1, 0.15) is 12.0 Å². The molecular weight excluding hydrogens is 306 g/mol. The van der Waals surface area contributed by atoms with Crippen LogP contribution >= 0.6 is 11.6 Å². The Balaban J connectivity index is 2.06. The monoisotopic (exact) mass is 320 g/mol. The highest BCUT2D eigenvalue weighted by molar-refractivity contribution is 6.31. The fourth-order valence-corrected chi connectivity index (χ4v) is 3.62. The number of halogens is 3. The first-order chi connectivity index (χ1) is 10.6. The lowest BCUT2D eigenvalue weighted by molar-refractivity contribution is 0.190. The zero-order chi connectivity index (χ0) is 15.3. The Morgan fingerprint density at radius 1 is 1.09 bits per heavy atom. The first kappa shape index (κ1) is 14.0. The van der Waals surface area contributed by atoms with Gasteiger partial charge in [-0.25, -0.2) is 8.78 Å². The SMILES string of the molecule is Fc1ccc2c(c1)c1cc(Cl)ccc1n2[C@H]1CCNC[C@H]1F. The van der Waals surface area contributed by atoms with Crippen LogP contribution < -0.4 is 5.32 Å². The Bertz CT molecular complexity index is 799. The second-order valence-electron chi connectivity index (χ2n) is 5.77. The lowest BCUT2D eigenvalue weighted by Crippen LogP contribution is -2.39. The van der Waals surface area contributed by atoms with E-state index in [4.69, 9.17) is 11.6 Å². The summed E-state index contributed by atoms with van der Waals surface area (Å²) in [7, 11) is 0. The van der Waals surface area contributed by atoms with E-state index < -0.39 is 6.17 Å². The predicted molar refractivity (Wildman–Crippen MR) is 85.8 cm³/mol. The van der Waals surface area contributed by atoms with Crippen molar-refractivity contribution in [1.29, 1.82) is 0 Å². The summed E-state index contributed by atoms with van der Waals surface area (Å²) in [5.74, 6) is -0.298. The van der Waals surface area contributed by atoms with E-state index in [1.807, 2.05) is 16.7 Å². The third-order valence-electron chi connectivity index (χ3n) is 4.43. The van der Waals surface area contributed by atoms with Gasteiger partial charge in [-0.2, -0.15) is 0 Å². The number of nitrogens with one attached hydrogen (secondary N) is 1. The van der Waals surface area contributed by atoms with Gasteiger partial charge in [0.05, 0.1) is 6.04 Å². The molecule has 0 amide bonds. The summed E-state index contributed by atoms with van der Waals surface area (Å²) in [6.45, 7) is 1.13. The average molecular weight is 321 g/mol. The molecule has 1 aliphatic rings. The van der Waals surface area contributed by atoms with Crippen LogP contribution in [0.3, 0.4) is 0 Å². The highest BCUT2D eigenvalue weighted by Gasteiger charge is 2.28. The molecule has 0 unspecified atom stereocenters. The van der Waals surface area contributed by atoms with Gasteiger partial charge in [-0.3, -0.25) is 0 Å². The van der Waals surface area contributed by atoms with Crippen molar-refractivity contribution >= 4 is 33.4 Å². The summed E-state index contributed by atoms with van der Waals surface area (Å²) in [6, 6.07) is 9.92. The van der Waals surface area contributed by atoms with Gasteiger partial charge >= 0.3 is 0 Å². The maximum Gasteiger partial charge on any atom is 0.133 e. The largest absolute Gasteiger partial charge is 0.334 e. The Morgan fingerprint density at radius 2 is 1.82 bits per heavy atom. The molecule has 2 heterocycles. The topological polar surface area (TPSA) is 17.0 Å². The van der Waals surface area contributed by atoms with E-state index in [-0.39, 0.29) is 11.9 Å². The van der Waals surface area contributed by atoms with Crippen molar-refractivity contribution in [2.24, 2.45) is 0 Å². The highest BCUT2D eigenvalue weighted by Crippen LogP contribution is 2.36. The number of aromatic nitrogens is 1. The molecule has 1 N–H and O–H groups in total. The molecule has 3 aromatic rings. The molecule has 0 saturated carbocycles. The van der Waals surface area contributed by atoms with E-state index in [1.165, 1.54) is 12.1 Å². The Labute approximate surface area is 131 Å². The van der Waals surface area contributed by atoms with E-state index in [0.717, 1.165) is 28.4 Å². The maximum absolute atomic E-state index is 14.4. The van der Waals surface area contributed by atoms with Gasteiger partial charge < -0.3 is 9.88 Å². The first-order valence-electron chi connectivity index (χ1n) is 7.38. The van der Waals surface area contributed by atoms with E-state index in [0.29, 0.717) is 18.0 Å². The molecule has 1 aliphatic heterocycles. The minimum absolute atomic E-state index is 0.243. The number of fused-ring (bicyclic) bond motifs is 3. The third-order valence-corrected chi connectivity index (χ3v) is 4.67. The molecule has 4 rings (SSSR count). The summed E-state index contributed by atoms with van der Waals surface area (Å²) in [5.41, 5.74) is 1.76. The fraction of sp³-hybridized carbons (Fsp3) is 0.294. The molecule has 2 atom stereocenters. The van der Waals surface area contributed by atoms with Gasteiger partial charge in [0.25, 0.3) is 0 Å². The standard InChI is InChI=1S/C17H15ClF2N2/c18-10-1-3-15-12(7-10)13-8-11(19)2-4-16(13)22(15)17-5-6-21-9-14(17)20/h1-4,7-8,14,17,21H,5-6,9H2/t14-,17+/m1/s1. The molecule has 22 heavy (non-hydrogen) atoms. The average Bonchev–Trinajstić information content (AvgIpc) is 2.81. The van der Waals surface area contributed by atoms with Crippen molar-refractivity contribution in [3.63, 3.8) is 0 Å². The Morgan fingerprint density at radius 3 is 2.59 bits per heavy atom. The summed E-state index contributed by atoms with van der Waals surface area (Å²) < 4.78 is 30.1. The summed E-state index contributed by atoms with van der Waals surface area (Å²) in [4.78, 5) is 0. The molecule has 2 aromatic carbocycles. The third kappa shape index (κ3) is 2.09. The summed E-state index contributed by atoms with van der Waals surface area (Å²) >= 11 is 6.10. The fourth-order valence-electron chi connectivity index (χ4n) is 3.45. The molecule has 1 aromatic heterocycles. The Hall–Kier alpha value is -1.65. The van der Waals surface area contributed by atoms with Crippen molar-refractivity contribution in [2.75, 3.05) is 13.1 Å². The number of piperidine rings is 1. The molecule has 1 fully saturated rings. The molecule has 5 heteroatoms. The normalized spacial score (nSPS) is 22.5. The van der Waals surface area contributed by atoms with Crippen LogP contribution in [0.2, 0.25) is 5.02 Å². The van der Waals surface area contributed by atoms with E-state index in [9.17, 15) is 8.78 Å². The quantitative estimate of drug-likeness (QED) is 0.700. The van der Waals surface area contributed by atoms with Crippen molar-refractivity contribution in [3.05, 3.63) is 47.2 Å². The smallest absolute Gasteiger partial charge is 0.133 e. The van der Waals surface area contributed by atoms with E-state index >= 15 is 0 Å². The molecule has 0 radical (unpaired) electrons. The maximum atomic E-state index is 14.4. The molecule has 0 bridgehead atoms. The van der Waals surface area contributed by atoms with Gasteiger partial charge in [0.15, 0.2) is 0 Å². The zero-order valence-electron chi connectivity index (χ0n) is 11.8. The molecule has 2 nitrogen and oxygen atoms in total. The number of hydrogen-bond donors (Lipinski definition) is 1. The van der Waals surface area contributed by atoms with Crippen molar-refractivity contribution in [2.45, 2.75) is 18.6 Å². The number of alkyl halides is 1. The second-order valence-corrected chi connectivity index (χ2v) is 6.21. The van der Waals surface area contributed by atoms with Crippen LogP contribution in [0.5, 0.6) is 0 Å². The number of hydrogen-bond acceptors (Lipinski definition) is 1. The summed E-state index contributed by atoms with van der Waals surface area (Å²) in [5, 5.41) is 5.32. The predicted octanol–water partition coefficient (Wildman–Crippen LogP) is 4.46. The first-order valence-corrected chi connectivity index (χ1v) is 7.76. The van der Waals surface area contributed by atoms with Gasteiger partial charge in [-0.15, -0.1) is 0 Å². The van der Waals surface area contributed by atoms with Crippen LogP contribution in [0.15, 0.2) is 36.4 Å². The number of nitrogens with zero attached hydrogens (tertiary/aromatic N) is 1. The summed E-state index contributed by atoms with van der Waals surface area (Å²) in [6.07, 6.45) is -0.256. The molecule has 114 valence electrons. The molecular formula is C17H15ClF2N2. The minimum atomic E-state index is -0.965. The van der Waals surface area contributed by atoms with Crippen LogP contribution in [-0.2, 0) is 0 Å². The second kappa shape index (κ2) is 5.21. The van der Waals surface area contributed by atoms with Crippen LogP contribution in [0.1, 0.15) is 12.5 Å². The Kier molecular flexibility index (Phi) is 3.31. The highest BCUT2D eigenvalue weighted by atomic mass is 35.5. The van der Waals surface area contributed by atoms with Gasteiger partial charge in [-0.05, 0) is 49.4 Å². The molecule has 0 spiro atoms. The lowest BCUT2D eigenvalue weighted by Gasteiger charge is -2.29. The molecule has 1 saturated heterocycles. The van der Waals surface area contributed by atoms with E-state index in [1.54, 1.807) is 12.1 Å². The van der Waals surface area contributed by atoms with Crippen LogP contribution in [0.4, 0.5) is 8.78 Å². The van der Waals surface area contributed by atoms with E-state index in [2.05, 4.69) is 5.32 Å². The van der Waals surface area contributed by atoms with Crippen LogP contribution in [-0.4, -0.2) is 23.8 Å². The van der Waals surface area contributed by atoms with Crippen LogP contribution in [0, 0.1) is 5.82 Å². The number of rotatable bonds is 1. The van der Waals surface area contributed by atoms with Gasteiger partial charge in [-0.1, -0.05) is 11.6 Å². The van der Waals surface area contributed by atoms with Crippen molar-refractivity contribution < 1.29 is 8.78 Å². The minimum Gasteiger partial charge on any atom is -0.334 e. The lowest BCUT2D eigenvalue weighted by atomic mass is 10.0. The van der Waals surface area contributed by atoms with Crippen LogP contribution in [0.25, 0.3) is 21.8 Å². The van der Waals surface area contributed by atoms with Crippen molar-refractivity contribution in [3.8, 4) is 0 Å². The number of benzene rings is 2.